The Bertz CT molecular complexity index is 1620. The van der Waals surface area contributed by atoms with E-state index in [2.05, 4.69) is 42.5 Å². The molecule has 188 valence electrons. The number of fused-ring (bicyclic) bond motifs is 3. The second kappa shape index (κ2) is 9.81. The zero-order chi connectivity index (χ0) is 26.0. The molecule has 38 heavy (non-hydrogen) atoms. The van der Waals surface area contributed by atoms with Crippen LogP contribution in [0, 0.1) is 0 Å². The monoisotopic (exact) mass is 534 g/mol. The molecular formula is C33H27O3PS. The van der Waals surface area contributed by atoms with Crippen molar-refractivity contribution in [2.45, 2.75) is 0 Å². The Balaban J connectivity index is 1.82. The topological polar surface area (TPSA) is 49.7 Å². The van der Waals surface area contributed by atoms with Crippen LogP contribution in [-0.4, -0.2) is 16.2 Å². The maximum atomic E-state index is 11.9. The maximum absolute atomic E-state index is 11.9. The van der Waals surface area contributed by atoms with Gasteiger partial charge in [-0.25, -0.2) is 0 Å². The zero-order valence-corrected chi connectivity index (χ0v) is 22.4. The van der Waals surface area contributed by atoms with Crippen molar-refractivity contribution in [3.8, 4) is 11.5 Å². The molecule has 0 aromatic heterocycles. The van der Waals surface area contributed by atoms with Crippen molar-refractivity contribution >= 4 is 54.9 Å². The van der Waals surface area contributed by atoms with Gasteiger partial charge in [0.05, 0.1) is 0 Å². The number of aromatic hydroxyl groups is 1. The summed E-state index contributed by atoms with van der Waals surface area (Å²) in [6.07, 6.45) is 0. The van der Waals surface area contributed by atoms with Crippen molar-refractivity contribution in [3.63, 3.8) is 0 Å². The van der Waals surface area contributed by atoms with Crippen molar-refractivity contribution in [3.05, 3.63) is 140 Å². The summed E-state index contributed by atoms with van der Waals surface area (Å²) < 4.78 is 7.52. The zero-order valence-electron chi connectivity index (χ0n) is 20.6. The fourth-order valence-electron chi connectivity index (χ4n) is 5.42. The Kier molecular flexibility index (Phi) is 6.33. The van der Waals surface area contributed by atoms with Crippen LogP contribution in [0.5, 0.6) is 11.5 Å². The molecule has 5 heteroatoms. The fourth-order valence-corrected chi connectivity index (χ4v) is 13.5. The van der Waals surface area contributed by atoms with Crippen LogP contribution in [0.3, 0.4) is 0 Å². The van der Waals surface area contributed by atoms with E-state index in [1.165, 1.54) is 11.4 Å². The first-order chi connectivity index (χ1) is 18.7. The number of aliphatic hydroxyl groups is 1. The van der Waals surface area contributed by atoms with Gasteiger partial charge in [-0.2, -0.15) is 0 Å². The third-order valence-electron chi connectivity index (χ3n) is 7.10. The number of phenols is 1. The summed E-state index contributed by atoms with van der Waals surface area (Å²) in [6.45, 7) is 0. The van der Waals surface area contributed by atoms with E-state index in [1.54, 1.807) is 0 Å². The first-order valence-electron chi connectivity index (χ1n) is 12.5. The van der Waals surface area contributed by atoms with E-state index < -0.39 is 6.03 Å². The van der Waals surface area contributed by atoms with Gasteiger partial charge in [0.15, 0.2) is 0 Å². The van der Waals surface area contributed by atoms with E-state index >= 15 is 0 Å². The van der Waals surface area contributed by atoms with Crippen LogP contribution in [-0.2, 0) is 0 Å². The molecule has 0 fully saturated rings. The van der Waals surface area contributed by atoms with Gasteiger partial charge in [-0.1, -0.05) is 0 Å². The molecule has 6 aromatic rings. The molecule has 6 aromatic carbocycles. The second-order valence-electron chi connectivity index (χ2n) is 9.08. The summed E-state index contributed by atoms with van der Waals surface area (Å²) >= 11 is 1.40. The molecule has 0 unspecified atom stereocenters. The molecule has 0 saturated heterocycles. The molecule has 6 rings (SSSR count). The average molecular weight is 535 g/mol. The van der Waals surface area contributed by atoms with Gasteiger partial charge in [0.25, 0.3) is 0 Å². The first kappa shape index (κ1) is 24.5. The van der Waals surface area contributed by atoms with Crippen molar-refractivity contribution in [1.29, 1.82) is 0 Å². The van der Waals surface area contributed by atoms with E-state index in [1.807, 2.05) is 97.1 Å². The van der Waals surface area contributed by atoms with Crippen LogP contribution in [0.1, 0.15) is 0 Å². The summed E-state index contributed by atoms with van der Waals surface area (Å²) in [5.74, 6) is 0.326. The first-order valence-corrected chi connectivity index (χ1v) is 16.2. The molecule has 0 bridgehead atoms. The van der Waals surface area contributed by atoms with Crippen LogP contribution in [0.4, 0.5) is 0 Å². The third-order valence-corrected chi connectivity index (χ3v) is 15.9. The molecule has 0 heterocycles. The number of phenolic OH excluding ortho intramolecular Hbond substituents is 1. The van der Waals surface area contributed by atoms with Crippen LogP contribution in [0.2, 0.25) is 0 Å². The van der Waals surface area contributed by atoms with Crippen molar-refractivity contribution in [2.75, 3.05) is 5.94 Å². The van der Waals surface area contributed by atoms with Gasteiger partial charge in [-0.15, -0.1) is 0 Å². The van der Waals surface area contributed by atoms with E-state index in [4.69, 9.17) is 4.52 Å². The number of hydrogen-bond donors (Lipinski definition) is 2. The van der Waals surface area contributed by atoms with Gasteiger partial charge in [-0.3, -0.25) is 0 Å². The number of hydrogen-bond acceptors (Lipinski definition) is 4. The second-order valence-corrected chi connectivity index (χ2v) is 16.1. The summed E-state index contributed by atoms with van der Waals surface area (Å²) in [5.41, 5.74) is 0. The quantitative estimate of drug-likeness (QED) is 0.130. The molecule has 0 aliphatic carbocycles. The van der Waals surface area contributed by atoms with Crippen LogP contribution in [0.25, 0.3) is 21.5 Å². The van der Waals surface area contributed by atoms with Crippen LogP contribution >= 0.6 is 17.4 Å². The third kappa shape index (κ3) is 3.60. The summed E-state index contributed by atoms with van der Waals surface area (Å²) in [7, 11) is 0. The molecule has 2 N–H and O–H groups in total. The van der Waals surface area contributed by atoms with Crippen LogP contribution < -0.4 is 20.4 Å². The normalized spacial score (nSPS) is 12.7. The Morgan fingerprint density at radius 3 is 1.32 bits per heavy atom. The predicted molar refractivity (Wildman–Crippen MR) is 164 cm³/mol. The van der Waals surface area contributed by atoms with Crippen LogP contribution in [0.15, 0.2) is 140 Å². The van der Waals surface area contributed by atoms with Gasteiger partial charge in [0, 0.05) is 0 Å². The van der Waals surface area contributed by atoms with E-state index in [0.717, 1.165) is 37.5 Å². The number of benzene rings is 6. The molecule has 0 aliphatic heterocycles. The Labute approximate surface area is 226 Å². The number of aliphatic hydroxyl groups excluding tert-OH is 1. The van der Waals surface area contributed by atoms with Crippen molar-refractivity contribution < 1.29 is 14.7 Å². The molecule has 0 atom stereocenters. The predicted octanol–water partition coefficient (Wildman–Crippen LogP) is 7.12. The minimum absolute atomic E-state index is 0.0923. The Morgan fingerprint density at radius 1 is 0.500 bits per heavy atom. The Morgan fingerprint density at radius 2 is 0.868 bits per heavy atom. The minimum atomic E-state index is -3.97. The molecular weight excluding hydrogens is 507 g/mol. The molecule has 3 nitrogen and oxygen atoms in total. The van der Waals surface area contributed by atoms with Crippen molar-refractivity contribution in [1.82, 2.24) is 0 Å². The van der Waals surface area contributed by atoms with Gasteiger partial charge in [-0.05, 0) is 0 Å². The van der Waals surface area contributed by atoms with Gasteiger partial charge in [0.2, 0.25) is 0 Å². The summed E-state index contributed by atoms with van der Waals surface area (Å²) in [4.78, 5) is 0. The standard InChI is InChI=1S/C33H27O3PS/c34-24-38-37(25-14-4-1-5-15-25,26-16-6-2-7-17-26,27-18-8-3-9-19-27)36-33-31-23-13-11-21-29(31)28-20-10-12-22-30(28)32(33)35/h1-23,34-35H,24H2. The SMILES string of the molecule is OCSP(Oc1c(O)c2ccccc2c2ccccc12)(c1ccccc1)(c1ccccc1)c1ccccc1. The van der Waals surface area contributed by atoms with E-state index in [0.29, 0.717) is 5.75 Å². The average Bonchev–Trinajstić information content (AvgIpc) is 3.00. The van der Waals surface area contributed by atoms with E-state index in [9.17, 15) is 10.2 Å². The van der Waals surface area contributed by atoms with Gasteiger partial charge < -0.3 is 0 Å². The molecule has 0 amide bonds. The van der Waals surface area contributed by atoms with Crippen molar-refractivity contribution in [2.24, 2.45) is 0 Å². The fraction of sp³-hybridized carbons (Fsp3) is 0.0303. The summed E-state index contributed by atoms with van der Waals surface area (Å²) in [6, 6.07) is 42.3. The molecule has 0 spiro atoms. The van der Waals surface area contributed by atoms with Gasteiger partial charge >= 0.3 is 227 Å². The molecule has 0 aliphatic rings. The summed E-state index contributed by atoms with van der Waals surface area (Å²) in [5, 5.41) is 28.9. The Hall–Kier alpha value is -3.82. The molecule has 0 saturated carbocycles. The van der Waals surface area contributed by atoms with Gasteiger partial charge in [0.1, 0.15) is 0 Å². The van der Waals surface area contributed by atoms with E-state index in [-0.39, 0.29) is 11.7 Å². The molecule has 0 radical (unpaired) electrons. The number of rotatable bonds is 7.